The highest BCUT2D eigenvalue weighted by molar-refractivity contribution is 5.79. The summed E-state index contributed by atoms with van der Waals surface area (Å²) in [6, 6.07) is 7.27. The number of ether oxygens (including phenoxy) is 1. The summed E-state index contributed by atoms with van der Waals surface area (Å²) in [5.41, 5.74) is 0.131. The topological polar surface area (TPSA) is 78.9 Å². The summed E-state index contributed by atoms with van der Waals surface area (Å²) in [4.78, 5) is 25.2. The molecule has 0 bridgehead atoms. The Hall–Kier alpha value is -2.24. The van der Waals surface area contributed by atoms with Crippen molar-refractivity contribution in [2.75, 3.05) is 19.7 Å². The monoisotopic (exact) mass is 334 g/mol. The highest BCUT2D eigenvalue weighted by Gasteiger charge is 2.42. The summed E-state index contributed by atoms with van der Waals surface area (Å²) < 4.78 is 5.55. The third-order valence-corrected chi connectivity index (χ3v) is 4.47. The van der Waals surface area contributed by atoms with Crippen LogP contribution in [0.4, 0.5) is 4.79 Å². The van der Waals surface area contributed by atoms with Gasteiger partial charge < -0.3 is 20.1 Å². The van der Waals surface area contributed by atoms with Crippen molar-refractivity contribution in [3.63, 3.8) is 0 Å². The lowest BCUT2D eigenvalue weighted by Gasteiger charge is -2.23. The smallest absolute Gasteiger partial charge is 0.317 e. The Balaban J connectivity index is 1.91. The molecule has 0 aliphatic carbocycles. The number of hydrogen-bond donors (Lipinski definition) is 2. The molecule has 24 heavy (non-hydrogen) atoms. The third kappa shape index (κ3) is 4.19. The Kier molecular flexibility index (Phi) is 5.70. The van der Waals surface area contributed by atoms with E-state index in [2.05, 4.69) is 12.2 Å². The molecule has 0 aromatic heterocycles. The molecular weight excluding hydrogens is 308 g/mol. The van der Waals surface area contributed by atoms with E-state index in [1.54, 1.807) is 11.8 Å². The van der Waals surface area contributed by atoms with Crippen molar-refractivity contribution in [1.29, 1.82) is 0 Å². The molecule has 1 fully saturated rings. The largest absolute Gasteiger partial charge is 0.494 e. The van der Waals surface area contributed by atoms with Crippen LogP contribution in [-0.4, -0.2) is 41.7 Å². The number of carboxylic acids is 1. The van der Waals surface area contributed by atoms with E-state index in [1.807, 2.05) is 31.2 Å². The van der Waals surface area contributed by atoms with Crippen LogP contribution in [-0.2, 0) is 4.79 Å². The SMILES string of the molecule is CCCOc1ccc(C(C)NC(=O)N2CCC(C)(C(=O)O)C2)cc1. The zero-order valence-corrected chi connectivity index (χ0v) is 14.5. The van der Waals surface area contributed by atoms with Crippen molar-refractivity contribution < 1.29 is 19.4 Å². The van der Waals surface area contributed by atoms with Gasteiger partial charge in [-0.2, -0.15) is 0 Å². The molecule has 1 aromatic carbocycles. The molecule has 2 rings (SSSR count). The van der Waals surface area contributed by atoms with Gasteiger partial charge in [0.25, 0.3) is 0 Å². The van der Waals surface area contributed by atoms with E-state index >= 15 is 0 Å². The van der Waals surface area contributed by atoms with Crippen LogP contribution in [0, 0.1) is 5.41 Å². The van der Waals surface area contributed by atoms with Gasteiger partial charge in [0.1, 0.15) is 5.75 Å². The Morgan fingerprint density at radius 2 is 2.04 bits per heavy atom. The summed E-state index contributed by atoms with van der Waals surface area (Å²) in [5.74, 6) is -0.0376. The first-order valence-electron chi connectivity index (χ1n) is 8.37. The van der Waals surface area contributed by atoms with Gasteiger partial charge in [-0.1, -0.05) is 19.1 Å². The number of nitrogens with one attached hydrogen (secondary N) is 1. The fourth-order valence-corrected chi connectivity index (χ4v) is 2.74. The van der Waals surface area contributed by atoms with Gasteiger partial charge in [0.15, 0.2) is 0 Å². The fraction of sp³-hybridized carbons (Fsp3) is 0.556. The van der Waals surface area contributed by atoms with Crippen LogP contribution in [0.5, 0.6) is 5.75 Å². The van der Waals surface area contributed by atoms with Crippen LogP contribution in [0.15, 0.2) is 24.3 Å². The van der Waals surface area contributed by atoms with Crippen molar-refractivity contribution >= 4 is 12.0 Å². The molecule has 6 heteroatoms. The van der Waals surface area contributed by atoms with Gasteiger partial charge in [0, 0.05) is 13.1 Å². The molecule has 1 aliphatic heterocycles. The number of urea groups is 1. The van der Waals surface area contributed by atoms with E-state index in [-0.39, 0.29) is 18.6 Å². The predicted molar refractivity (Wildman–Crippen MR) is 91.1 cm³/mol. The molecule has 0 radical (unpaired) electrons. The van der Waals surface area contributed by atoms with Crippen LogP contribution in [0.2, 0.25) is 0 Å². The van der Waals surface area contributed by atoms with Crippen molar-refractivity contribution in [2.24, 2.45) is 5.41 Å². The van der Waals surface area contributed by atoms with Gasteiger partial charge >= 0.3 is 12.0 Å². The summed E-state index contributed by atoms with van der Waals surface area (Å²) in [5, 5.41) is 12.2. The third-order valence-electron chi connectivity index (χ3n) is 4.47. The molecule has 2 amide bonds. The number of hydrogen-bond acceptors (Lipinski definition) is 3. The quantitative estimate of drug-likeness (QED) is 0.838. The molecule has 1 saturated heterocycles. The Morgan fingerprint density at radius 3 is 2.58 bits per heavy atom. The van der Waals surface area contributed by atoms with E-state index in [1.165, 1.54) is 0 Å². The van der Waals surface area contributed by atoms with E-state index in [9.17, 15) is 14.7 Å². The molecular formula is C18H26N2O4. The van der Waals surface area contributed by atoms with Crippen LogP contribution >= 0.6 is 0 Å². The van der Waals surface area contributed by atoms with Crippen molar-refractivity contribution in [3.05, 3.63) is 29.8 Å². The number of likely N-dealkylation sites (tertiary alicyclic amines) is 1. The van der Waals surface area contributed by atoms with Gasteiger partial charge in [-0.25, -0.2) is 4.79 Å². The number of nitrogens with zero attached hydrogens (tertiary/aromatic N) is 1. The second kappa shape index (κ2) is 7.55. The van der Waals surface area contributed by atoms with Gasteiger partial charge in [0.05, 0.1) is 18.1 Å². The number of rotatable bonds is 6. The zero-order chi connectivity index (χ0) is 17.7. The van der Waals surface area contributed by atoms with Gasteiger partial charge in [-0.15, -0.1) is 0 Å². The number of aliphatic carboxylic acids is 1. The summed E-state index contributed by atoms with van der Waals surface area (Å²) in [6.07, 6.45) is 1.44. The van der Waals surface area contributed by atoms with Crippen LogP contribution < -0.4 is 10.1 Å². The van der Waals surface area contributed by atoms with E-state index in [4.69, 9.17) is 4.74 Å². The second-order valence-corrected chi connectivity index (χ2v) is 6.63. The standard InChI is InChI=1S/C18H26N2O4/c1-4-11-24-15-7-5-14(6-8-15)13(2)19-17(23)20-10-9-18(3,12-20)16(21)22/h5-8,13H,4,9-12H2,1-3H3,(H,19,23)(H,21,22). The van der Waals surface area contributed by atoms with Crippen LogP contribution in [0.25, 0.3) is 0 Å². The van der Waals surface area contributed by atoms with E-state index < -0.39 is 11.4 Å². The van der Waals surface area contributed by atoms with Crippen molar-refractivity contribution in [2.45, 2.75) is 39.7 Å². The molecule has 2 N–H and O–H groups in total. The number of benzene rings is 1. The Labute approximate surface area is 142 Å². The molecule has 1 aromatic rings. The molecule has 2 atom stereocenters. The van der Waals surface area contributed by atoms with Gasteiger partial charge in [-0.05, 0) is 44.4 Å². The normalized spacial score (nSPS) is 21.4. The number of carbonyl (C=O) groups is 2. The molecule has 0 spiro atoms. The minimum absolute atomic E-state index is 0.158. The lowest BCUT2D eigenvalue weighted by molar-refractivity contribution is -0.147. The minimum Gasteiger partial charge on any atom is -0.494 e. The molecule has 2 unspecified atom stereocenters. The van der Waals surface area contributed by atoms with Crippen LogP contribution in [0.1, 0.15) is 45.2 Å². The maximum atomic E-state index is 12.3. The predicted octanol–water partition coefficient (Wildman–Crippen LogP) is 3.04. The van der Waals surface area contributed by atoms with Gasteiger partial charge in [-0.3, -0.25) is 4.79 Å². The van der Waals surface area contributed by atoms with Gasteiger partial charge in [0.2, 0.25) is 0 Å². The first-order valence-corrected chi connectivity index (χ1v) is 8.37. The lowest BCUT2D eigenvalue weighted by Crippen LogP contribution is -2.41. The maximum absolute atomic E-state index is 12.3. The second-order valence-electron chi connectivity index (χ2n) is 6.63. The zero-order valence-electron chi connectivity index (χ0n) is 14.5. The molecule has 6 nitrogen and oxygen atoms in total. The number of carboxylic acid groups (broad SMARTS) is 1. The molecule has 0 saturated carbocycles. The van der Waals surface area contributed by atoms with E-state index in [0.717, 1.165) is 17.7 Å². The Bertz CT molecular complexity index is 587. The highest BCUT2D eigenvalue weighted by Crippen LogP contribution is 2.30. The first-order chi connectivity index (χ1) is 11.4. The lowest BCUT2D eigenvalue weighted by atomic mass is 9.90. The Morgan fingerprint density at radius 1 is 1.38 bits per heavy atom. The average molecular weight is 334 g/mol. The molecule has 1 aliphatic rings. The average Bonchev–Trinajstić information content (AvgIpc) is 2.97. The summed E-state index contributed by atoms with van der Waals surface area (Å²) in [7, 11) is 0. The molecule has 1 heterocycles. The highest BCUT2D eigenvalue weighted by atomic mass is 16.5. The van der Waals surface area contributed by atoms with E-state index in [0.29, 0.717) is 19.6 Å². The minimum atomic E-state index is -0.853. The van der Waals surface area contributed by atoms with Crippen LogP contribution in [0.3, 0.4) is 0 Å². The maximum Gasteiger partial charge on any atom is 0.317 e. The first kappa shape index (κ1) is 18.1. The summed E-state index contributed by atoms with van der Waals surface area (Å²) in [6.45, 7) is 7.03. The number of amides is 2. The molecule has 132 valence electrons. The summed E-state index contributed by atoms with van der Waals surface area (Å²) >= 11 is 0. The number of carbonyl (C=O) groups excluding carboxylic acids is 1. The van der Waals surface area contributed by atoms with Crippen molar-refractivity contribution in [3.8, 4) is 5.75 Å². The fourth-order valence-electron chi connectivity index (χ4n) is 2.74. The van der Waals surface area contributed by atoms with Crippen molar-refractivity contribution in [1.82, 2.24) is 10.2 Å².